The van der Waals surface area contributed by atoms with Gasteiger partial charge in [0.05, 0.1) is 17.7 Å². The fourth-order valence-corrected chi connectivity index (χ4v) is 2.58. The average molecular weight is 286 g/mol. The number of methoxy groups -OCH3 is 2. The summed E-state index contributed by atoms with van der Waals surface area (Å²) >= 11 is 3.52. The molecule has 88 valence electrons. The van der Waals surface area contributed by atoms with Crippen molar-refractivity contribution in [2.45, 2.75) is 12.5 Å². The molecule has 0 amide bonds. The Balaban J connectivity index is 2.45. The lowest BCUT2D eigenvalue weighted by atomic mass is 10.0. The van der Waals surface area contributed by atoms with Gasteiger partial charge in [-0.1, -0.05) is 0 Å². The molecule has 1 N–H and O–H groups in total. The van der Waals surface area contributed by atoms with Crippen molar-refractivity contribution in [1.29, 1.82) is 0 Å². The van der Waals surface area contributed by atoms with Gasteiger partial charge in [-0.3, -0.25) is 0 Å². The number of nitrogens with one attached hydrogen (secondary N) is 1. The van der Waals surface area contributed by atoms with E-state index < -0.39 is 0 Å². The van der Waals surface area contributed by atoms with Crippen molar-refractivity contribution < 1.29 is 9.47 Å². The van der Waals surface area contributed by atoms with E-state index in [0.29, 0.717) is 0 Å². The van der Waals surface area contributed by atoms with Gasteiger partial charge >= 0.3 is 0 Å². The topological polar surface area (TPSA) is 30.5 Å². The van der Waals surface area contributed by atoms with Gasteiger partial charge in [0.1, 0.15) is 5.75 Å². The summed E-state index contributed by atoms with van der Waals surface area (Å²) in [6.45, 7) is 1.85. The second-order valence-corrected chi connectivity index (χ2v) is 4.72. The van der Waals surface area contributed by atoms with Crippen LogP contribution in [0.3, 0.4) is 0 Å². The van der Waals surface area contributed by atoms with Crippen LogP contribution < -0.4 is 10.1 Å². The highest BCUT2D eigenvalue weighted by molar-refractivity contribution is 9.10. The number of hydrogen-bond donors (Lipinski definition) is 1. The summed E-state index contributed by atoms with van der Waals surface area (Å²) in [5.74, 6) is 0.885. The molecule has 0 saturated carbocycles. The van der Waals surface area contributed by atoms with Crippen molar-refractivity contribution in [3.05, 3.63) is 27.7 Å². The maximum atomic E-state index is 5.50. The Kier molecular flexibility index (Phi) is 3.84. The highest BCUT2D eigenvalue weighted by Gasteiger charge is 2.19. The molecule has 2 rings (SSSR count). The van der Waals surface area contributed by atoms with E-state index in [2.05, 4.69) is 33.4 Å². The summed E-state index contributed by atoms with van der Waals surface area (Å²) in [4.78, 5) is 0. The average Bonchev–Trinajstić information content (AvgIpc) is 2.49. The Morgan fingerprint density at radius 2 is 2.19 bits per heavy atom. The van der Waals surface area contributed by atoms with Crippen LogP contribution >= 0.6 is 15.9 Å². The summed E-state index contributed by atoms with van der Waals surface area (Å²) in [7, 11) is 3.44. The zero-order valence-corrected chi connectivity index (χ0v) is 11.1. The Morgan fingerprint density at radius 3 is 2.88 bits per heavy atom. The molecule has 3 nitrogen and oxygen atoms in total. The molecule has 1 aromatic carbocycles. The van der Waals surface area contributed by atoms with E-state index in [1.165, 1.54) is 11.1 Å². The second kappa shape index (κ2) is 5.17. The van der Waals surface area contributed by atoms with Crippen molar-refractivity contribution in [3.63, 3.8) is 0 Å². The third-order valence-electron chi connectivity index (χ3n) is 2.95. The molecule has 4 heteroatoms. The normalized spacial score (nSPS) is 20.1. The molecule has 1 aliphatic heterocycles. The highest BCUT2D eigenvalue weighted by Crippen LogP contribution is 2.33. The summed E-state index contributed by atoms with van der Waals surface area (Å²) in [6, 6.07) is 4.20. The van der Waals surface area contributed by atoms with Crippen LogP contribution in [0.5, 0.6) is 5.75 Å². The van der Waals surface area contributed by atoms with Crippen molar-refractivity contribution in [2.24, 2.45) is 0 Å². The van der Waals surface area contributed by atoms with Crippen LogP contribution in [0, 0.1) is 0 Å². The van der Waals surface area contributed by atoms with Crippen molar-refractivity contribution in [3.8, 4) is 5.75 Å². The van der Waals surface area contributed by atoms with E-state index in [-0.39, 0.29) is 6.10 Å². The molecule has 0 bridgehead atoms. The monoisotopic (exact) mass is 285 g/mol. The van der Waals surface area contributed by atoms with Crippen LogP contribution in [0.2, 0.25) is 0 Å². The smallest absolute Gasteiger partial charge is 0.133 e. The minimum Gasteiger partial charge on any atom is -0.496 e. The van der Waals surface area contributed by atoms with E-state index in [0.717, 1.165) is 29.7 Å². The predicted octanol–water partition coefficient (Wildman–Crippen LogP) is 2.29. The lowest BCUT2D eigenvalue weighted by Crippen LogP contribution is -2.21. The van der Waals surface area contributed by atoms with E-state index in [1.54, 1.807) is 14.2 Å². The number of hydrogen-bond acceptors (Lipinski definition) is 3. The van der Waals surface area contributed by atoms with Gasteiger partial charge < -0.3 is 14.8 Å². The standard InChI is InChI=1S/C12H16BrNO2/c1-15-11-5-8-3-4-14-7-12(16-2)9(8)6-10(11)13/h5-6,12,14H,3-4,7H2,1-2H3/t12-/m1/s1. The molecular weight excluding hydrogens is 270 g/mol. The zero-order chi connectivity index (χ0) is 11.5. The molecule has 1 heterocycles. The maximum Gasteiger partial charge on any atom is 0.133 e. The molecule has 0 unspecified atom stereocenters. The fourth-order valence-electron chi connectivity index (χ4n) is 2.06. The Bertz CT molecular complexity index is 382. The first kappa shape index (κ1) is 11.9. The molecule has 0 radical (unpaired) electrons. The van der Waals surface area contributed by atoms with Crippen LogP contribution in [0.1, 0.15) is 17.2 Å². The number of ether oxygens (including phenoxy) is 2. The SMILES string of the molecule is COc1cc2c(cc1Br)[C@H](OC)CNCC2. The summed E-state index contributed by atoms with van der Waals surface area (Å²) in [6.07, 6.45) is 1.14. The first-order valence-electron chi connectivity index (χ1n) is 5.36. The number of benzene rings is 1. The van der Waals surface area contributed by atoms with E-state index >= 15 is 0 Å². The number of rotatable bonds is 2. The summed E-state index contributed by atoms with van der Waals surface area (Å²) in [5, 5.41) is 3.37. The van der Waals surface area contributed by atoms with Crippen molar-refractivity contribution >= 4 is 15.9 Å². The van der Waals surface area contributed by atoms with Crippen LogP contribution in [0.15, 0.2) is 16.6 Å². The van der Waals surface area contributed by atoms with Crippen LogP contribution in [0.25, 0.3) is 0 Å². The molecule has 16 heavy (non-hydrogen) atoms. The molecular formula is C12H16BrNO2. The molecule has 1 aliphatic rings. The van der Waals surface area contributed by atoms with Crippen LogP contribution in [0.4, 0.5) is 0 Å². The molecule has 0 aliphatic carbocycles. The van der Waals surface area contributed by atoms with Gasteiger partial charge in [0.25, 0.3) is 0 Å². The highest BCUT2D eigenvalue weighted by atomic mass is 79.9. The van der Waals surface area contributed by atoms with E-state index in [1.807, 2.05) is 0 Å². The molecule has 0 fully saturated rings. The van der Waals surface area contributed by atoms with Gasteiger partial charge in [0.15, 0.2) is 0 Å². The van der Waals surface area contributed by atoms with Crippen molar-refractivity contribution in [2.75, 3.05) is 27.3 Å². The third kappa shape index (κ3) is 2.24. The zero-order valence-electron chi connectivity index (χ0n) is 9.55. The van der Waals surface area contributed by atoms with Crippen molar-refractivity contribution in [1.82, 2.24) is 5.32 Å². The lowest BCUT2D eigenvalue weighted by Gasteiger charge is -2.17. The number of fused-ring (bicyclic) bond motifs is 1. The largest absolute Gasteiger partial charge is 0.496 e. The minimum absolute atomic E-state index is 0.125. The third-order valence-corrected chi connectivity index (χ3v) is 3.57. The van der Waals surface area contributed by atoms with Gasteiger partial charge in [0, 0.05) is 13.7 Å². The molecule has 0 spiro atoms. The first-order chi connectivity index (χ1) is 7.76. The second-order valence-electron chi connectivity index (χ2n) is 3.86. The maximum absolute atomic E-state index is 5.50. The molecule has 1 atom stereocenters. The predicted molar refractivity (Wildman–Crippen MR) is 67.0 cm³/mol. The minimum atomic E-state index is 0.125. The molecule has 1 aromatic rings. The molecule has 0 aromatic heterocycles. The lowest BCUT2D eigenvalue weighted by molar-refractivity contribution is 0.104. The summed E-state index contributed by atoms with van der Waals surface area (Å²) in [5.41, 5.74) is 2.55. The first-order valence-corrected chi connectivity index (χ1v) is 6.15. The van der Waals surface area contributed by atoms with E-state index in [9.17, 15) is 0 Å². The van der Waals surface area contributed by atoms with Gasteiger partial charge in [-0.05, 0) is 52.2 Å². The Morgan fingerprint density at radius 1 is 1.38 bits per heavy atom. The van der Waals surface area contributed by atoms with Crippen LogP contribution in [-0.4, -0.2) is 27.3 Å². The van der Waals surface area contributed by atoms with Gasteiger partial charge in [-0.25, -0.2) is 0 Å². The quantitative estimate of drug-likeness (QED) is 0.905. The van der Waals surface area contributed by atoms with Gasteiger partial charge in [-0.15, -0.1) is 0 Å². The number of halogens is 1. The van der Waals surface area contributed by atoms with Crippen LogP contribution in [-0.2, 0) is 11.2 Å². The molecule has 0 saturated heterocycles. The van der Waals surface area contributed by atoms with Gasteiger partial charge in [0.2, 0.25) is 0 Å². The Hall–Kier alpha value is -0.580. The van der Waals surface area contributed by atoms with Gasteiger partial charge in [-0.2, -0.15) is 0 Å². The Labute approximate surface area is 104 Å². The van der Waals surface area contributed by atoms with E-state index in [4.69, 9.17) is 9.47 Å². The summed E-state index contributed by atoms with van der Waals surface area (Å²) < 4.78 is 11.8. The fraction of sp³-hybridized carbons (Fsp3) is 0.500.